The number of pyridine rings is 1. The molecule has 1 aromatic heterocycles. The Morgan fingerprint density at radius 3 is 3.11 bits per heavy atom. The molecule has 1 aliphatic rings. The second-order valence-electron chi connectivity index (χ2n) is 4.45. The Balaban J connectivity index is 1.59. The van der Waals surface area contributed by atoms with Gasteiger partial charge in [0.25, 0.3) is 0 Å². The Hall–Kier alpha value is -2.07. The van der Waals surface area contributed by atoms with Crippen LogP contribution >= 0.6 is 0 Å². The normalized spacial score (nSPS) is 16.8. The van der Waals surface area contributed by atoms with Crippen LogP contribution in [0.4, 0.5) is 0 Å². The number of benzene rings is 1. The van der Waals surface area contributed by atoms with Crippen LogP contribution in [0.2, 0.25) is 0 Å². The first-order chi connectivity index (χ1) is 9.33. The number of ether oxygens (including phenoxy) is 2. The number of aliphatic hydroxyl groups is 1. The average molecular weight is 257 g/mol. The summed E-state index contributed by atoms with van der Waals surface area (Å²) in [5, 5.41) is 9.62. The number of aromatic nitrogens is 1. The molecule has 0 radical (unpaired) electrons. The van der Waals surface area contributed by atoms with Crippen molar-refractivity contribution in [2.24, 2.45) is 0 Å². The fraction of sp³-hybridized carbons (Fsp3) is 0.267. The van der Waals surface area contributed by atoms with Gasteiger partial charge in [-0.1, -0.05) is 6.07 Å². The molecule has 19 heavy (non-hydrogen) atoms. The minimum atomic E-state index is -0.516. The summed E-state index contributed by atoms with van der Waals surface area (Å²) >= 11 is 0. The summed E-state index contributed by atoms with van der Waals surface area (Å²) < 4.78 is 11.0. The van der Waals surface area contributed by atoms with Crippen molar-refractivity contribution in [1.29, 1.82) is 0 Å². The number of hydrogen-bond acceptors (Lipinski definition) is 4. The van der Waals surface area contributed by atoms with Gasteiger partial charge in [0.1, 0.15) is 24.2 Å². The first kappa shape index (κ1) is 12.0. The van der Waals surface area contributed by atoms with Crippen molar-refractivity contribution in [2.75, 3.05) is 13.2 Å². The lowest BCUT2D eigenvalue weighted by Gasteiger charge is -2.07. The predicted molar refractivity (Wildman–Crippen MR) is 70.3 cm³/mol. The molecule has 1 unspecified atom stereocenters. The van der Waals surface area contributed by atoms with Crippen LogP contribution in [0.5, 0.6) is 11.5 Å². The number of rotatable bonds is 4. The lowest BCUT2D eigenvalue weighted by atomic mass is 10.1. The predicted octanol–water partition coefficient (Wildman–Crippen LogP) is 2.13. The molecule has 0 fully saturated rings. The van der Waals surface area contributed by atoms with Crippen molar-refractivity contribution >= 4 is 0 Å². The highest BCUT2D eigenvalue weighted by Gasteiger charge is 2.21. The molecule has 0 saturated heterocycles. The van der Waals surface area contributed by atoms with Crippen molar-refractivity contribution in [3.63, 3.8) is 0 Å². The van der Waals surface area contributed by atoms with Crippen LogP contribution in [0.25, 0.3) is 0 Å². The average Bonchev–Trinajstić information content (AvgIpc) is 2.81. The van der Waals surface area contributed by atoms with Crippen LogP contribution in [0.3, 0.4) is 0 Å². The van der Waals surface area contributed by atoms with Crippen molar-refractivity contribution < 1.29 is 14.6 Å². The topological polar surface area (TPSA) is 51.6 Å². The summed E-state index contributed by atoms with van der Waals surface area (Å²) in [6.07, 6.45) is 2.03. The van der Waals surface area contributed by atoms with E-state index < -0.39 is 6.10 Å². The van der Waals surface area contributed by atoms with Crippen molar-refractivity contribution in [3.8, 4) is 11.5 Å². The van der Waals surface area contributed by atoms with E-state index in [4.69, 9.17) is 9.47 Å². The molecule has 0 bridgehead atoms. The van der Waals surface area contributed by atoms with Gasteiger partial charge in [0, 0.05) is 29.9 Å². The minimum Gasteiger partial charge on any atom is -0.493 e. The molecule has 1 N–H and O–H groups in total. The van der Waals surface area contributed by atoms with E-state index in [0.29, 0.717) is 19.0 Å². The summed E-state index contributed by atoms with van der Waals surface area (Å²) in [7, 11) is 0. The summed E-state index contributed by atoms with van der Waals surface area (Å²) in [6.45, 7) is 0.894. The largest absolute Gasteiger partial charge is 0.493 e. The quantitative estimate of drug-likeness (QED) is 0.911. The molecule has 98 valence electrons. The first-order valence-corrected chi connectivity index (χ1v) is 6.30. The van der Waals surface area contributed by atoms with Gasteiger partial charge in [0.15, 0.2) is 0 Å². The highest BCUT2D eigenvalue weighted by molar-refractivity contribution is 5.44. The third-order valence-corrected chi connectivity index (χ3v) is 3.09. The van der Waals surface area contributed by atoms with Crippen LogP contribution in [0.1, 0.15) is 17.4 Å². The molecular formula is C15H15NO3. The molecule has 0 spiro atoms. The zero-order chi connectivity index (χ0) is 13.1. The number of fused-ring (bicyclic) bond motifs is 1. The number of nitrogens with zero attached hydrogens (tertiary/aromatic N) is 1. The monoisotopic (exact) mass is 257 g/mol. The maximum Gasteiger partial charge on any atom is 0.129 e. The van der Waals surface area contributed by atoms with Crippen molar-refractivity contribution in [2.45, 2.75) is 12.5 Å². The fourth-order valence-corrected chi connectivity index (χ4v) is 2.08. The van der Waals surface area contributed by atoms with E-state index in [2.05, 4.69) is 4.98 Å². The van der Waals surface area contributed by atoms with Gasteiger partial charge in [0.05, 0.1) is 6.61 Å². The highest BCUT2D eigenvalue weighted by Crippen LogP contribution is 2.34. The Labute approximate surface area is 111 Å². The summed E-state index contributed by atoms with van der Waals surface area (Å²) in [5.74, 6) is 1.46. The molecule has 2 aromatic rings. The van der Waals surface area contributed by atoms with Gasteiger partial charge in [-0.2, -0.15) is 0 Å². The van der Waals surface area contributed by atoms with Crippen LogP contribution in [0, 0.1) is 0 Å². The van der Waals surface area contributed by atoms with Crippen LogP contribution < -0.4 is 9.47 Å². The molecule has 1 aliphatic heterocycles. The maximum absolute atomic E-state index is 9.62. The van der Waals surface area contributed by atoms with E-state index in [-0.39, 0.29) is 0 Å². The second-order valence-corrected chi connectivity index (χ2v) is 4.45. The SMILES string of the molecule is OC1COc2cc(OCCc3ccccn3)ccc21. The molecule has 0 amide bonds. The first-order valence-electron chi connectivity index (χ1n) is 6.30. The third kappa shape index (κ3) is 2.69. The van der Waals surface area contributed by atoms with Gasteiger partial charge in [-0.15, -0.1) is 0 Å². The Kier molecular flexibility index (Phi) is 3.33. The molecule has 1 aromatic carbocycles. The van der Waals surface area contributed by atoms with Crippen molar-refractivity contribution in [1.82, 2.24) is 4.98 Å². The second kappa shape index (κ2) is 5.28. The molecule has 3 rings (SSSR count). The summed E-state index contributed by atoms with van der Waals surface area (Å²) in [5.41, 5.74) is 1.84. The molecular weight excluding hydrogens is 242 g/mol. The minimum absolute atomic E-state index is 0.326. The molecule has 4 heteroatoms. The van der Waals surface area contributed by atoms with Gasteiger partial charge in [-0.3, -0.25) is 4.98 Å². The van der Waals surface area contributed by atoms with E-state index >= 15 is 0 Å². The maximum atomic E-state index is 9.62. The zero-order valence-corrected chi connectivity index (χ0v) is 10.5. The van der Waals surface area contributed by atoms with E-state index in [1.165, 1.54) is 0 Å². The van der Waals surface area contributed by atoms with Gasteiger partial charge in [-0.05, 0) is 24.3 Å². The molecule has 0 saturated carbocycles. The fourth-order valence-electron chi connectivity index (χ4n) is 2.08. The van der Waals surface area contributed by atoms with Crippen molar-refractivity contribution in [3.05, 3.63) is 53.9 Å². The van der Waals surface area contributed by atoms with E-state index in [9.17, 15) is 5.11 Å². The lowest BCUT2D eigenvalue weighted by Crippen LogP contribution is -2.02. The molecule has 4 nitrogen and oxygen atoms in total. The van der Waals surface area contributed by atoms with Crippen LogP contribution in [0.15, 0.2) is 42.6 Å². The Morgan fingerprint density at radius 2 is 2.26 bits per heavy atom. The number of hydrogen-bond donors (Lipinski definition) is 1. The summed E-state index contributed by atoms with van der Waals surface area (Å²) in [6, 6.07) is 11.4. The lowest BCUT2D eigenvalue weighted by molar-refractivity contribution is 0.140. The molecule has 1 atom stereocenters. The zero-order valence-electron chi connectivity index (χ0n) is 10.5. The van der Waals surface area contributed by atoms with E-state index in [1.807, 2.05) is 36.4 Å². The standard InChI is InChI=1S/C15H15NO3/c17-14-10-19-15-9-12(4-5-13(14)15)18-8-6-11-3-1-2-7-16-11/h1-5,7,9,14,17H,6,8,10H2. The van der Waals surface area contributed by atoms with E-state index in [1.54, 1.807) is 6.20 Å². The molecule has 0 aliphatic carbocycles. The highest BCUT2D eigenvalue weighted by atomic mass is 16.5. The Bertz CT molecular complexity index is 557. The Morgan fingerprint density at radius 1 is 1.32 bits per heavy atom. The number of aliphatic hydroxyl groups excluding tert-OH is 1. The van der Waals surface area contributed by atoms with Gasteiger partial charge < -0.3 is 14.6 Å². The third-order valence-electron chi connectivity index (χ3n) is 3.09. The van der Waals surface area contributed by atoms with Gasteiger partial charge in [0.2, 0.25) is 0 Å². The summed E-state index contributed by atoms with van der Waals surface area (Å²) in [4.78, 5) is 4.24. The smallest absolute Gasteiger partial charge is 0.129 e. The van der Waals surface area contributed by atoms with Gasteiger partial charge in [-0.25, -0.2) is 0 Å². The molecule has 2 heterocycles. The van der Waals surface area contributed by atoms with E-state index in [0.717, 1.165) is 23.4 Å². The van der Waals surface area contributed by atoms with Crippen LogP contribution in [-0.4, -0.2) is 23.3 Å². The van der Waals surface area contributed by atoms with Crippen LogP contribution in [-0.2, 0) is 6.42 Å². The van der Waals surface area contributed by atoms with Gasteiger partial charge >= 0.3 is 0 Å².